The summed E-state index contributed by atoms with van der Waals surface area (Å²) in [6, 6.07) is 3.75. The van der Waals surface area contributed by atoms with Crippen LogP contribution >= 0.6 is 23.2 Å². The van der Waals surface area contributed by atoms with E-state index in [1.54, 1.807) is 6.07 Å². The summed E-state index contributed by atoms with van der Waals surface area (Å²) < 4.78 is 0. The number of hydrogen-bond donors (Lipinski definition) is 1. The Labute approximate surface area is 99.4 Å². The highest BCUT2D eigenvalue weighted by molar-refractivity contribution is 6.38. The number of rotatable bonds is 3. The number of nitrogens with one attached hydrogen (secondary N) is 1. The van der Waals surface area contributed by atoms with Crippen molar-refractivity contribution in [3.63, 3.8) is 0 Å². The van der Waals surface area contributed by atoms with Gasteiger partial charge in [-0.3, -0.25) is 0 Å². The molecule has 0 spiro atoms. The first-order valence-electron chi connectivity index (χ1n) is 5.17. The van der Waals surface area contributed by atoms with E-state index < -0.39 is 0 Å². The van der Waals surface area contributed by atoms with Gasteiger partial charge < -0.3 is 4.98 Å². The molecule has 0 radical (unpaired) electrons. The Bertz CT molecular complexity index is 474. The van der Waals surface area contributed by atoms with Gasteiger partial charge in [-0.1, -0.05) is 36.5 Å². The van der Waals surface area contributed by atoms with Gasteiger partial charge in [-0.2, -0.15) is 0 Å². The van der Waals surface area contributed by atoms with Gasteiger partial charge in [0.1, 0.15) is 0 Å². The molecule has 0 fully saturated rings. The first kappa shape index (κ1) is 10.8. The fraction of sp³-hybridized carbons (Fsp3) is 0.333. The van der Waals surface area contributed by atoms with Crippen molar-refractivity contribution in [2.45, 2.75) is 26.2 Å². The highest BCUT2D eigenvalue weighted by Crippen LogP contribution is 2.30. The van der Waals surface area contributed by atoms with Gasteiger partial charge in [-0.15, -0.1) is 0 Å². The van der Waals surface area contributed by atoms with Gasteiger partial charge in [0.05, 0.1) is 10.5 Å². The Kier molecular flexibility index (Phi) is 3.22. The van der Waals surface area contributed by atoms with Crippen LogP contribution in [-0.2, 0) is 6.42 Å². The molecule has 0 saturated carbocycles. The maximum Gasteiger partial charge on any atom is 0.0661 e. The molecule has 1 heterocycles. The van der Waals surface area contributed by atoms with Gasteiger partial charge >= 0.3 is 0 Å². The minimum Gasteiger partial charge on any atom is -0.360 e. The number of benzene rings is 1. The fourth-order valence-corrected chi connectivity index (χ4v) is 2.33. The van der Waals surface area contributed by atoms with Gasteiger partial charge in [0.25, 0.3) is 0 Å². The normalized spacial score (nSPS) is 11.1. The van der Waals surface area contributed by atoms with E-state index in [1.165, 1.54) is 18.4 Å². The predicted molar refractivity (Wildman–Crippen MR) is 66.9 cm³/mol. The van der Waals surface area contributed by atoms with Crippen molar-refractivity contribution in [2.75, 3.05) is 0 Å². The van der Waals surface area contributed by atoms with E-state index in [9.17, 15) is 0 Å². The molecular formula is C12H13Cl2N. The van der Waals surface area contributed by atoms with E-state index in [0.717, 1.165) is 17.3 Å². The van der Waals surface area contributed by atoms with E-state index in [4.69, 9.17) is 23.2 Å². The maximum atomic E-state index is 6.09. The molecule has 0 bridgehead atoms. The zero-order valence-electron chi connectivity index (χ0n) is 8.61. The van der Waals surface area contributed by atoms with Crippen molar-refractivity contribution in [2.24, 2.45) is 0 Å². The molecule has 0 aliphatic carbocycles. The van der Waals surface area contributed by atoms with Crippen LogP contribution in [0.5, 0.6) is 0 Å². The second kappa shape index (κ2) is 4.46. The van der Waals surface area contributed by atoms with Crippen LogP contribution in [0.1, 0.15) is 25.3 Å². The summed E-state index contributed by atoms with van der Waals surface area (Å²) in [5, 5.41) is 2.55. The van der Waals surface area contributed by atoms with Crippen LogP contribution in [0.4, 0.5) is 0 Å². The number of aryl methyl sites for hydroxylation is 1. The topological polar surface area (TPSA) is 15.8 Å². The lowest BCUT2D eigenvalue weighted by Gasteiger charge is -1.99. The zero-order valence-corrected chi connectivity index (χ0v) is 10.1. The Balaban J connectivity index is 2.49. The van der Waals surface area contributed by atoms with Gasteiger partial charge in [-0.25, -0.2) is 0 Å². The predicted octanol–water partition coefficient (Wildman–Crippen LogP) is 4.82. The van der Waals surface area contributed by atoms with E-state index in [2.05, 4.69) is 11.9 Å². The lowest BCUT2D eigenvalue weighted by molar-refractivity contribution is 0.799. The van der Waals surface area contributed by atoms with Crippen molar-refractivity contribution in [1.29, 1.82) is 0 Å². The second-order valence-electron chi connectivity index (χ2n) is 3.73. The molecular weight excluding hydrogens is 229 g/mol. The van der Waals surface area contributed by atoms with Gasteiger partial charge in [-0.05, 0) is 30.5 Å². The number of H-pyrrole nitrogens is 1. The Morgan fingerprint density at radius 3 is 2.80 bits per heavy atom. The molecule has 0 atom stereocenters. The molecule has 2 aromatic rings. The Morgan fingerprint density at radius 2 is 2.07 bits per heavy atom. The molecule has 0 unspecified atom stereocenters. The lowest BCUT2D eigenvalue weighted by Crippen LogP contribution is -1.81. The molecule has 1 nitrogen and oxygen atoms in total. The summed E-state index contributed by atoms with van der Waals surface area (Å²) in [4.78, 5) is 3.20. The number of unbranched alkanes of at least 4 members (excludes halogenated alkanes) is 1. The van der Waals surface area contributed by atoms with Crippen LogP contribution in [0.2, 0.25) is 10.0 Å². The zero-order chi connectivity index (χ0) is 10.8. The third-order valence-electron chi connectivity index (χ3n) is 2.59. The molecule has 0 aliphatic rings. The monoisotopic (exact) mass is 241 g/mol. The molecule has 15 heavy (non-hydrogen) atoms. The number of aromatic amines is 1. The van der Waals surface area contributed by atoms with Crippen molar-refractivity contribution in [3.8, 4) is 0 Å². The molecule has 0 amide bonds. The quantitative estimate of drug-likeness (QED) is 0.794. The average molecular weight is 242 g/mol. The maximum absolute atomic E-state index is 6.09. The van der Waals surface area contributed by atoms with Crippen LogP contribution in [-0.4, -0.2) is 4.98 Å². The van der Waals surface area contributed by atoms with Gasteiger partial charge in [0.15, 0.2) is 0 Å². The highest BCUT2D eigenvalue weighted by Gasteiger charge is 2.07. The van der Waals surface area contributed by atoms with Crippen molar-refractivity contribution in [1.82, 2.24) is 4.98 Å². The summed E-state index contributed by atoms with van der Waals surface area (Å²) in [5.74, 6) is 0. The van der Waals surface area contributed by atoms with Gasteiger partial charge in [0, 0.05) is 16.6 Å². The van der Waals surface area contributed by atoms with Gasteiger partial charge in [0.2, 0.25) is 0 Å². The average Bonchev–Trinajstić information content (AvgIpc) is 2.58. The van der Waals surface area contributed by atoms with Crippen LogP contribution in [0.15, 0.2) is 18.3 Å². The Hall–Kier alpha value is -0.660. The summed E-state index contributed by atoms with van der Waals surface area (Å²) in [6.07, 6.45) is 5.49. The van der Waals surface area contributed by atoms with Crippen molar-refractivity contribution >= 4 is 34.1 Å². The number of aromatic nitrogens is 1. The molecule has 3 heteroatoms. The fourth-order valence-electron chi connectivity index (χ4n) is 1.78. The molecule has 1 aromatic heterocycles. The highest BCUT2D eigenvalue weighted by atomic mass is 35.5. The third-order valence-corrected chi connectivity index (χ3v) is 3.11. The van der Waals surface area contributed by atoms with Crippen molar-refractivity contribution in [3.05, 3.63) is 33.9 Å². The van der Waals surface area contributed by atoms with Crippen LogP contribution in [0.25, 0.3) is 10.9 Å². The van der Waals surface area contributed by atoms with E-state index in [-0.39, 0.29) is 0 Å². The van der Waals surface area contributed by atoms with Crippen LogP contribution in [0, 0.1) is 0 Å². The molecule has 1 N–H and O–H groups in total. The van der Waals surface area contributed by atoms with E-state index >= 15 is 0 Å². The SMILES string of the molecule is CCCCc1c[nH]c2c(Cl)cc(Cl)cc12. The third kappa shape index (κ3) is 2.14. The molecule has 80 valence electrons. The summed E-state index contributed by atoms with van der Waals surface area (Å²) in [5.41, 5.74) is 2.29. The first-order valence-corrected chi connectivity index (χ1v) is 5.93. The minimum absolute atomic E-state index is 0.695. The smallest absolute Gasteiger partial charge is 0.0661 e. The molecule has 1 aromatic carbocycles. The van der Waals surface area contributed by atoms with E-state index in [0.29, 0.717) is 10.0 Å². The Morgan fingerprint density at radius 1 is 1.27 bits per heavy atom. The number of fused-ring (bicyclic) bond motifs is 1. The standard InChI is InChI=1S/C12H13Cl2N/c1-2-3-4-8-7-15-12-10(8)5-9(13)6-11(12)14/h5-7,15H,2-4H2,1H3. The summed E-state index contributed by atoms with van der Waals surface area (Å²) in [6.45, 7) is 2.19. The minimum atomic E-state index is 0.695. The molecule has 0 aliphatic heterocycles. The van der Waals surface area contributed by atoms with Crippen LogP contribution < -0.4 is 0 Å². The summed E-state index contributed by atoms with van der Waals surface area (Å²) in [7, 11) is 0. The summed E-state index contributed by atoms with van der Waals surface area (Å²) >= 11 is 12.1. The molecule has 0 saturated heterocycles. The van der Waals surface area contributed by atoms with Crippen molar-refractivity contribution < 1.29 is 0 Å². The lowest BCUT2D eigenvalue weighted by atomic mass is 10.1. The number of halogens is 2. The van der Waals surface area contributed by atoms with Crippen LogP contribution in [0.3, 0.4) is 0 Å². The largest absolute Gasteiger partial charge is 0.360 e. The number of hydrogen-bond acceptors (Lipinski definition) is 0. The second-order valence-corrected chi connectivity index (χ2v) is 4.57. The first-order chi connectivity index (χ1) is 7.22. The molecule has 2 rings (SSSR count). The van der Waals surface area contributed by atoms with E-state index in [1.807, 2.05) is 12.3 Å².